The summed E-state index contributed by atoms with van der Waals surface area (Å²) in [5.74, 6) is 0.164. The highest BCUT2D eigenvalue weighted by molar-refractivity contribution is 5.91. The van der Waals surface area contributed by atoms with Crippen molar-refractivity contribution in [2.45, 2.75) is 38.4 Å². The number of ether oxygens (including phenoxy) is 2. The average Bonchev–Trinajstić information content (AvgIpc) is 3.11. The van der Waals surface area contributed by atoms with Crippen molar-refractivity contribution in [1.82, 2.24) is 10.3 Å². The van der Waals surface area contributed by atoms with Crippen LogP contribution in [0.1, 0.15) is 42.1 Å². The third-order valence-corrected chi connectivity index (χ3v) is 3.99. The zero-order valence-corrected chi connectivity index (χ0v) is 13.9. The van der Waals surface area contributed by atoms with Gasteiger partial charge in [0.25, 0.3) is 5.91 Å². The van der Waals surface area contributed by atoms with Crippen LogP contribution in [0.15, 0.2) is 34.9 Å². The van der Waals surface area contributed by atoms with E-state index in [4.69, 9.17) is 13.9 Å². The minimum atomic E-state index is -0.332. The highest BCUT2D eigenvalue weighted by Crippen LogP contribution is 2.15. The molecule has 0 bridgehead atoms. The molecule has 1 N–H and O–H groups in total. The van der Waals surface area contributed by atoms with Crippen LogP contribution in [0, 0.1) is 5.82 Å². The second kappa shape index (κ2) is 8.62. The molecule has 0 radical (unpaired) electrons. The van der Waals surface area contributed by atoms with Crippen LogP contribution >= 0.6 is 0 Å². The molecule has 6 nitrogen and oxygen atoms in total. The van der Waals surface area contributed by atoms with Crippen molar-refractivity contribution in [1.29, 1.82) is 0 Å². The zero-order chi connectivity index (χ0) is 17.5. The predicted molar refractivity (Wildman–Crippen MR) is 87.8 cm³/mol. The lowest BCUT2D eigenvalue weighted by atomic mass is 10.1. The Labute approximate surface area is 145 Å². The lowest BCUT2D eigenvalue weighted by Crippen LogP contribution is -2.29. The Hall–Kier alpha value is -2.41. The molecule has 1 aliphatic heterocycles. The first-order valence-corrected chi connectivity index (χ1v) is 8.43. The van der Waals surface area contributed by atoms with Gasteiger partial charge < -0.3 is 19.2 Å². The fourth-order valence-electron chi connectivity index (χ4n) is 2.63. The van der Waals surface area contributed by atoms with Crippen molar-refractivity contribution in [2.24, 2.45) is 0 Å². The number of benzene rings is 1. The van der Waals surface area contributed by atoms with E-state index in [-0.39, 0.29) is 36.0 Å². The summed E-state index contributed by atoms with van der Waals surface area (Å²) >= 11 is 0. The van der Waals surface area contributed by atoms with Gasteiger partial charge in [0.1, 0.15) is 17.8 Å². The van der Waals surface area contributed by atoms with Gasteiger partial charge >= 0.3 is 0 Å². The number of halogens is 1. The number of amides is 1. The fourth-order valence-corrected chi connectivity index (χ4v) is 2.63. The normalized spacial score (nSPS) is 17.2. The lowest BCUT2D eigenvalue weighted by Gasteiger charge is -2.22. The summed E-state index contributed by atoms with van der Waals surface area (Å²) in [4.78, 5) is 16.2. The van der Waals surface area contributed by atoms with Crippen LogP contribution in [-0.4, -0.2) is 30.1 Å². The molecule has 0 unspecified atom stereocenters. The van der Waals surface area contributed by atoms with Crippen LogP contribution < -0.4 is 10.1 Å². The summed E-state index contributed by atoms with van der Waals surface area (Å²) in [6, 6.07) is 5.64. The predicted octanol–water partition coefficient (Wildman–Crippen LogP) is 3.08. The van der Waals surface area contributed by atoms with Gasteiger partial charge in [-0.25, -0.2) is 9.37 Å². The summed E-state index contributed by atoms with van der Waals surface area (Å²) in [5.41, 5.74) is 0.210. The van der Waals surface area contributed by atoms with Crippen molar-refractivity contribution >= 4 is 5.91 Å². The number of nitrogens with one attached hydrogen (secondary N) is 1. The second-order valence-electron chi connectivity index (χ2n) is 5.90. The SMILES string of the molecule is O=C(NCC[C@@H]1CCCCO1)c1coc(COc2ccc(F)cc2)n1. The third kappa shape index (κ3) is 5.29. The van der Waals surface area contributed by atoms with Gasteiger partial charge in [-0.1, -0.05) is 0 Å². The smallest absolute Gasteiger partial charge is 0.273 e. The highest BCUT2D eigenvalue weighted by atomic mass is 19.1. The minimum Gasteiger partial charge on any atom is -0.484 e. The molecule has 1 aliphatic rings. The van der Waals surface area contributed by atoms with Crippen LogP contribution in [0.2, 0.25) is 0 Å². The van der Waals surface area contributed by atoms with E-state index in [1.54, 1.807) is 0 Å². The Kier molecular flexibility index (Phi) is 6.00. The Morgan fingerprint density at radius 2 is 2.16 bits per heavy atom. The van der Waals surface area contributed by atoms with Gasteiger partial charge in [0.2, 0.25) is 5.89 Å². The highest BCUT2D eigenvalue weighted by Gasteiger charge is 2.16. The topological polar surface area (TPSA) is 73.6 Å². The number of aromatic nitrogens is 1. The van der Waals surface area contributed by atoms with E-state index < -0.39 is 0 Å². The number of rotatable bonds is 7. The molecular weight excluding hydrogens is 327 g/mol. The van der Waals surface area contributed by atoms with E-state index in [2.05, 4.69) is 10.3 Å². The fraction of sp³-hybridized carbons (Fsp3) is 0.444. The molecule has 2 aromatic rings. The maximum atomic E-state index is 12.8. The third-order valence-electron chi connectivity index (χ3n) is 3.99. The van der Waals surface area contributed by atoms with Gasteiger partial charge in [-0.05, 0) is 49.9 Å². The first kappa shape index (κ1) is 17.4. The zero-order valence-electron chi connectivity index (χ0n) is 13.9. The van der Waals surface area contributed by atoms with E-state index in [0.717, 1.165) is 25.9 Å². The van der Waals surface area contributed by atoms with Crippen molar-refractivity contribution in [2.75, 3.05) is 13.2 Å². The van der Waals surface area contributed by atoms with Gasteiger partial charge in [0.05, 0.1) is 6.10 Å². The van der Waals surface area contributed by atoms with Gasteiger partial charge in [0, 0.05) is 13.2 Å². The van der Waals surface area contributed by atoms with E-state index >= 15 is 0 Å². The molecule has 0 aliphatic carbocycles. The maximum Gasteiger partial charge on any atom is 0.273 e. The quantitative estimate of drug-likeness (QED) is 0.832. The molecular formula is C18H21FN2O4. The van der Waals surface area contributed by atoms with Crippen LogP contribution in [0.5, 0.6) is 5.75 Å². The number of carbonyl (C=O) groups excluding carboxylic acids is 1. The standard InChI is InChI=1S/C18H21FN2O4/c19-13-4-6-15(7-5-13)24-12-17-21-16(11-25-17)18(22)20-9-8-14-3-1-2-10-23-14/h4-7,11,14H,1-3,8-10,12H2,(H,20,22)/t14-/m0/s1. The van der Waals surface area contributed by atoms with Crippen molar-refractivity contribution in [3.63, 3.8) is 0 Å². The number of hydrogen-bond donors (Lipinski definition) is 1. The van der Waals surface area contributed by atoms with Crippen LogP contribution in [-0.2, 0) is 11.3 Å². The number of carbonyl (C=O) groups is 1. The Morgan fingerprint density at radius 1 is 1.32 bits per heavy atom. The molecule has 2 heterocycles. The van der Waals surface area contributed by atoms with Gasteiger partial charge in [-0.15, -0.1) is 0 Å². The Morgan fingerprint density at radius 3 is 2.92 bits per heavy atom. The molecule has 1 fully saturated rings. The number of hydrogen-bond acceptors (Lipinski definition) is 5. The molecule has 1 aromatic heterocycles. The molecule has 3 rings (SSSR count). The number of nitrogens with zero attached hydrogens (tertiary/aromatic N) is 1. The second-order valence-corrected chi connectivity index (χ2v) is 5.90. The summed E-state index contributed by atoms with van der Waals surface area (Å²) in [6.07, 6.45) is 5.67. The van der Waals surface area contributed by atoms with Gasteiger partial charge in [-0.3, -0.25) is 4.79 Å². The molecule has 0 saturated carbocycles. The van der Waals surface area contributed by atoms with E-state index in [1.165, 1.54) is 36.9 Å². The summed E-state index contributed by atoms with van der Waals surface area (Å²) < 4.78 is 29.1. The van der Waals surface area contributed by atoms with E-state index in [0.29, 0.717) is 12.3 Å². The molecule has 1 atom stereocenters. The van der Waals surface area contributed by atoms with Crippen molar-refractivity contribution in [3.8, 4) is 5.75 Å². The van der Waals surface area contributed by atoms with Crippen LogP contribution in [0.4, 0.5) is 4.39 Å². The molecule has 134 valence electrons. The van der Waals surface area contributed by atoms with Crippen molar-refractivity contribution in [3.05, 3.63) is 47.9 Å². The Bertz CT molecular complexity index is 681. The first-order chi connectivity index (χ1) is 12.2. The molecule has 0 spiro atoms. The molecule has 7 heteroatoms. The van der Waals surface area contributed by atoms with Crippen LogP contribution in [0.3, 0.4) is 0 Å². The van der Waals surface area contributed by atoms with Gasteiger partial charge in [-0.2, -0.15) is 0 Å². The largest absolute Gasteiger partial charge is 0.484 e. The molecule has 1 saturated heterocycles. The summed E-state index contributed by atoms with van der Waals surface area (Å²) in [6.45, 7) is 1.41. The van der Waals surface area contributed by atoms with Crippen molar-refractivity contribution < 1.29 is 23.1 Å². The lowest BCUT2D eigenvalue weighted by molar-refractivity contribution is 0.0117. The minimum absolute atomic E-state index is 0.0643. The number of oxazole rings is 1. The summed E-state index contributed by atoms with van der Waals surface area (Å²) in [7, 11) is 0. The first-order valence-electron chi connectivity index (χ1n) is 8.43. The molecule has 1 aromatic carbocycles. The molecule has 25 heavy (non-hydrogen) atoms. The monoisotopic (exact) mass is 348 g/mol. The van der Waals surface area contributed by atoms with E-state index in [9.17, 15) is 9.18 Å². The van der Waals surface area contributed by atoms with Gasteiger partial charge in [0.15, 0.2) is 12.3 Å². The average molecular weight is 348 g/mol. The maximum absolute atomic E-state index is 12.8. The molecule has 1 amide bonds. The van der Waals surface area contributed by atoms with E-state index in [1.807, 2.05) is 0 Å². The summed E-state index contributed by atoms with van der Waals surface area (Å²) in [5, 5.41) is 2.82. The Balaban J connectivity index is 1.42. The van der Waals surface area contributed by atoms with Crippen LogP contribution in [0.25, 0.3) is 0 Å².